The van der Waals surface area contributed by atoms with Crippen molar-refractivity contribution in [1.29, 1.82) is 0 Å². The third-order valence-corrected chi connectivity index (χ3v) is 3.86. The first-order chi connectivity index (χ1) is 9.65. The average Bonchev–Trinajstić information content (AvgIpc) is 2.46. The molecule has 1 atom stereocenters. The van der Waals surface area contributed by atoms with Gasteiger partial charge in [-0.1, -0.05) is 41.9 Å². The summed E-state index contributed by atoms with van der Waals surface area (Å²) in [4.78, 5) is 0. The molecule has 0 aliphatic rings. The first kappa shape index (κ1) is 14.9. The predicted molar refractivity (Wildman–Crippen MR) is 84.7 cm³/mol. The van der Waals surface area contributed by atoms with Crippen molar-refractivity contribution in [1.82, 2.24) is 5.32 Å². The summed E-state index contributed by atoms with van der Waals surface area (Å²) in [5.41, 5.74) is 3.48. The molecule has 0 fully saturated rings. The number of nitrogens with one attached hydrogen (secondary N) is 1. The maximum absolute atomic E-state index is 6.25. The lowest BCUT2D eigenvalue weighted by Gasteiger charge is -2.20. The van der Waals surface area contributed by atoms with Gasteiger partial charge in [-0.3, -0.25) is 0 Å². The molecular weight excluding hydrogens is 270 g/mol. The van der Waals surface area contributed by atoms with E-state index in [2.05, 4.69) is 36.5 Å². The molecule has 2 rings (SSSR count). The largest absolute Gasteiger partial charge is 0.496 e. The van der Waals surface area contributed by atoms with Crippen molar-refractivity contribution in [3.8, 4) is 5.75 Å². The Bertz CT molecular complexity index is 583. The second-order valence-corrected chi connectivity index (χ2v) is 5.29. The highest BCUT2D eigenvalue weighted by atomic mass is 35.5. The molecule has 2 nitrogen and oxygen atoms in total. The quantitative estimate of drug-likeness (QED) is 0.892. The van der Waals surface area contributed by atoms with E-state index in [0.717, 1.165) is 28.3 Å². The predicted octanol–water partition coefficient (Wildman–Crippen LogP) is 4.16. The van der Waals surface area contributed by atoms with Gasteiger partial charge in [0.1, 0.15) is 5.75 Å². The maximum atomic E-state index is 6.25. The van der Waals surface area contributed by atoms with Gasteiger partial charge in [-0.05, 0) is 43.7 Å². The third kappa shape index (κ3) is 3.33. The summed E-state index contributed by atoms with van der Waals surface area (Å²) in [6, 6.07) is 14.4. The molecule has 0 spiro atoms. The first-order valence-corrected chi connectivity index (χ1v) is 7.08. The molecule has 1 unspecified atom stereocenters. The van der Waals surface area contributed by atoms with Crippen LogP contribution in [0.25, 0.3) is 0 Å². The molecule has 0 aliphatic heterocycles. The van der Waals surface area contributed by atoms with Gasteiger partial charge >= 0.3 is 0 Å². The van der Waals surface area contributed by atoms with Gasteiger partial charge in [0.05, 0.1) is 7.11 Å². The number of halogens is 1. The number of likely N-dealkylation sites (N-methyl/N-ethyl adjacent to an activating group) is 1. The summed E-state index contributed by atoms with van der Waals surface area (Å²) in [6.07, 6.45) is 0.829. The van der Waals surface area contributed by atoms with Crippen molar-refractivity contribution >= 4 is 11.6 Å². The number of hydrogen-bond donors (Lipinski definition) is 1. The van der Waals surface area contributed by atoms with Crippen LogP contribution in [0.2, 0.25) is 5.02 Å². The number of methoxy groups -OCH3 is 1. The van der Waals surface area contributed by atoms with Crippen LogP contribution in [0.3, 0.4) is 0 Å². The van der Waals surface area contributed by atoms with Crippen LogP contribution >= 0.6 is 11.6 Å². The van der Waals surface area contributed by atoms with Gasteiger partial charge < -0.3 is 10.1 Å². The fourth-order valence-corrected chi connectivity index (χ4v) is 2.57. The number of hydrogen-bond acceptors (Lipinski definition) is 2. The topological polar surface area (TPSA) is 21.3 Å². The second-order valence-electron chi connectivity index (χ2n) is 4.88. The summed E-state index contributed by atoms with van der Waals surface area (Å²) in [7, 11) is 3.67. The van der Waals surface area contributed by atoms with Crippen LogP contribution in [0, 0.1) is 6.92 Å². The van der Waals surface area contributed by atoms with Gasteiger partial charge in [-0.15, -0.1) is 0 Å². The normalized spacial score (nSPS) is 12.2. The third-order valence-electron chi connectivity index (χ3n) is 3.49. The van der Waals surface area contributed by atoms with E-state index >= 15 is 0 Å². The van der Waals surface area contributed by atoms with Crippen LogP contribution in [0.15, 0.2) is 42.5 Å². The van der Waals surface area contributed by atoms with E-state index in [1.807, 2.05) is 25.2 Å². The molecule has 2 aromatic rings. The van der Waals surface area contributed by atoms with Gasteiger partial charge in [0.25, 0.3) is 0 Å². The number of benzene rings is 2. The summed E-state index contributed by atoms with van der Waals surface area (Å²) in [5.74, 6) is 0.913. The Balaban J connectivity index is 2.31. The van der Waals surface area contributed by atoms with E-state index in [1.54, 1.807) is 7.11 Å². The van der Waals surface area contributed by atoms with E-state index in [-0.39, 0.29) is 6.04 Å². The zero-order chi connectivity index (χ0) is 14.5. The minimum Gasteiger partial charge on any atom is -0.496 e. The molecule has 0 heterocycles. The molecule has 20 heavy (non-hydrogen) atoms. The minimum absolute atomic E-state index is 0.172. The van der Waals surface area contributed by atoms with Crippen LogP contribution in [0.5, 0.6) is 5.75 Å². The van der Waals surface area contributed by atoms with Crippen LogP contribution in [0.4, 0.5) is 0 Å². The molecule has 0 radical (unpaired) electrons. The Labute approximate surface area is 125 Å². The Morgan fingerprint density at radius 3 is 2.60 bits per heavy atom. The van der Waals surface area contributed by atoms with Crippen LogP contribution in [-0.2, 0) is 6.42 Å². The lowest BCUT2D eigenvalue weighted by atomic mass is 9.97. The Morgan fingerprint density at radius 1 is 1.20 bits per heavy atom. The van der Waals surface area contributed by atoms with Crippen molar-refractivity contribution in [3.63, 3.8) is 0 Å². The van der Waals surface area contributed by atoms with E-state index < -0.39 is 0 Å². The molecule has 0 aromatic heterocycles. The SMILES string of the molecule is CNC(Cc1ccccc1Cl)c1ccc(C)cc1OC. The second kappa shape index (κ2) is 6.78. The van der Waals surface area contributed by atoms with Gasteiger partial charge in [-0.25, -0.2) is 0 Å². The summed E-state index contributed by atoms with van der Waals surface area (Å²) >= 11 is 6.25. The number of ether oxygens (including phenoxy) is 1. The Morgan fingerprint density at radius 2 is 1.95 bits per heavy atom. The van der Waals surface area contributed by atoms with Crippen molar-refractivity contribution in [2.75, 3.05) is 14.2 Å². The van der Waals surface area contributed by atoms with Crippen molar-refractivity contribution in [3.05, 3.63) is 64.2 Å². The van der Waals surface area contributed by atoms with Crippen molar-refractivity contribution in [2.45, 2.75) is 19.4 Å². The molecule has 2 aromatic carbocycles. The zero-order valence-electron chi connectivity index (χ0n) is 12.1. The molecule has 1 N–H and O–H groups in total. The van der Waals surface area contributed by atoms with E-state index in [0.29, 0.717) is 0 Å². The highest BCUT2D eigenvalue weighted by Gasteiger charge is 2.16. The lowest BCUT2D eigenvalue weighted by Crippen LogP contribution is -2.19. The fourth-order valence-electron chi connectivity index (χ4n) is 2.36. The molecular formula is C17H20ClNO. The monoisotopic (exact) mass is 289 g/mol. The molecule has 0 bridgehead atoms. The lowest BCUT2D eigenvalue weighted by molar-refractivity contribution is 0.401. The number of rotatable bonds is 5. The molecule has 106 valence electrons. The highest BCUT2D eigenvalue weighted by molar-refractivity contribution is 6.31. The Kier molecular flexibility index (Phi) is 5.05. The fraction of sp³-hybridized carbons (Fsp3) is 0.294. The minimum atomic E-state index is 0.172. The standard InChI is InChI=1S/C17H20ClNO/c1-12-8-9-14(17(10-12)20-3)16(19-2)11-13-6-4-5-7-15(13)18/h4-10,16,19H,11H2,1-3H3. The van der Waals surface area contributed by atoms with E-state index in [9.17, 15) is 0 Å². The molecule has 3 heteroatoms. The number of aryl methyl sites for hydroxylation is 1. The average molecular weight is 290 g/mol. The van der Waals surface area contributed by atoms with Crippen LogP contribution in [0.1, 0.15) is 22.7 Å². The summed E-state index contributed by atoms with van der Waals surface area (Å²) in [6.45, 7) is 2.06. The first-order valence-electron chi connectivity index (χ1n) is 6.71. The molecule has 0 saturated heterocycles. The van der Waals surface area contributed by atoms with Crippen molar-refractivity contribution < 1.29 is 4.74 Å². The highest BCUT2D eigenvalue weighted by Crippen LogP contribution is 2.30. The van der Waals surface area contributed by atoms with Gasteiger partial charge in [0.15, 0.2) is 0 Å². The smallest absolute Gasteiger partial charge is 0.123 e. The van der Waals surface area contributed by atoms with Gasteiger partial charge in [0.2, 0.25) is 0 Å². The van der Waals surface area contributed by atoms with E-state index in [1.165, 1.54) is 5.56 Å². The van der Waals surface area contributed by atoms with Crippen LogP contribution in [-0.4, -0.2) is 14.2 Å². The van der Waals surface area contributed by atoms with Crippen LogP contribution < -0.4 is 10.1 Å². The van der Waals surface area contributed by atoms with Crippen molar-refractivity contribution in [2.24, 2.45) is 0 Å². The van der Waals surface area contributed by atoms with E-state index in [4.69, 9.17) is 16.3 Å². The zero-order valence-corrected chi connectivity index (χ0v) is 12.9. The summed E-state index contributed by atoms with van der Waals surface area (Å²) in [5, 5.41) is 4.15. The maximum Gasteiger partial charge on any atom is 0.123 e. The molecule has 0 aliphatic carbocycles. The van der Waals surface area contributed by atoms with Gasteiger partial charge in [-0.2, -0.15) is 0 Å². The summed E-state index contributed by atoms with van der Waals surface area (Å²) < 4.78 is 5.50. The Hall–Kier alpha value is -1.51. The van der Waals surface area contributed by atoms with Gasteiger partial charge in [0, 0.05) is 16.6 Å². The molecule has 0 amide bonds. The molecule has 0 saturated carbocycles.